The molecule has 4 rings (SSSR count). The van der Waals surface area contributed by atoms with Gasteiger partial charge in [-0.1, -0.05) is 44.9 Å². The first-order chi connectivity index (χ1) is 13.3. The second-order valence-electron chi connectivity index (χ2n) is 10.3. The van der Waals surface area contributed by atoms with Gasteiger partial charge in [0, 0.05) is 22.4 Å². The van der Waals surface area contributed by atoms with Crippen molar-refractivity contribution >= 4 is 12.0 Å². The van der Waals surface area contributed by atoms with Crippen molar-refractivity contribution in [2.75, 3.05) is 0 Å². The van der Waals surface area contributed by atoms with E-state index in [2.05, 4.69) is 44.8 Å². The van der Waals surface area contributed by atoms with Gasteiger partial charge in [0.05, 0.1) is 0 Å². The summed E-state index contributed by atoms with van der Waals surface area (Å²) in [5, 5.41) is 3.75. The first kappa shape index (κ1) is 19.5. The van der Waals surface area contributed by atoms with Gasteiger partial charge in [0.2, 0.25) is 0 Å². The number of carbonyl (C=O) groups is 1. The van der Waals surface area contributed by atoms with Gasteiger partial charge in [-0.15, -0.1) is 0 Å². The molecule has 2 bridgehead atoms. The van der Waals surface area contributed by atoms with Crippen LogP contribution in [0.4, 0.5) is 0 Å². The Labute approximate surface area is 170 Å². The monoisotopic (exact) mass is 377 g/mol. The average Bonchev–Trinajstić information content (AvgIpc) is 2.66. The third kappa shape index (κ3) is 3.58. The first-order valence-corrected chi connectivity index (χ1v) is 11.1. The van der Waals surface area contributed by atoms with Crippen molar-refractivity contribution in [3.8, 4) is 0 Å². The molecule has 0 spiro atoms. The highest BCUT2D eigenvalue weighted by Gasteiger charge is 2.44. The minimum absolute atomic E-state index is 0.00704. The highest BCUT2D eigenvalue weighted by Crippen LogP contribution is 2.55. The fraction of sp³-hybridized carbons (Fsp3) is 0.577. The smallest absolute Gasteiger partial charge is 0.150 e. The molecule has 0 saturated heterocycles. The fourth-order valence-electron chi connectivity index (χ4n) is 6.18. The van der Waals surface area contributed by atoms with Gasteiger partial charge in [-0.2, -0.15) is 0 Å². The third-order valence-corrected chi connectivity index (χ3v) is 7.54. The molecule has 1 aromatic carbocycles. The predicted molar refractivity (Wildman–Crippen MR) is 117 cm³/mol. The number of allylic oxidation sites excluding steroid dienone is 2. The van der Waals surface area contributed by atoms with Crippen LogP contribution in [0.15, 0.2) is 36.4 Å². The summed E-state index contributed by atoms with van der Waals surface area (Å²) in [6.45, 7) is 11.5. The Kier molecular flexibility index (Phi) is 5.02. The summed E-state index contributed by atoms with van der Waals surface area (Å²) in [4.78, 5) is 11.3. The minimum Gasteiger partial charge on any atom is -0.379 e. The number of rotatable bonds is 4. The van der Waals surface area contributed by atoms with E-state index in [1.807, 2.05) is 12.1 Å². The topological polar surface area (TPSA) is 29.1 Å². The van der Waals surface area contributed by atoms with E-state index < -0.39 is 0 Å². The van der Waals surface area contributed by atoms with E-state index in [1.165, 1.54) is 61.6 Å². The lowest BCUT2D eigenvalue weighted by Gasteiger charge is -2.49. The summed E-state index contributed by atoms with van der Waals surface area (Å²) in [6, 6.07) is 6.11. The van der Waals surface area contributed by atoms with Crippen LogP contribution >= 0.6 is 0 Å². The van der Waals surface area contributed by atoms with E-state index in [0.717, 1.165) is 35.8 Å². The fourth-order valence-corrected chi connectivity index (χ4v) is 6.18. The van der Waals surface area contributed by atoms with Crippen LogP contribution in [0.1, 0.15) is 87.2 Å². The maximum atomic E-state index is 11.3. The first-order valence-electron chi connectivity index (χ1n) is 11.1. The number of aldehydes is 1. The second kappa shape index (κ2) is 7.21. The van der Waals surface area contributed by atoms with E-state index in [-0.39, 0.29) is 11.0 Å². The number of carbonyl (C=O) groups excluding carboxylic acids is 1. The molecule has 3 aliphatic rings. The Morgan fingerprint density at radius 1 is 1.32 bits per heavy atom. The Morgan fingerprint density at radius 3 is 2.89 bits per heavy atom. The largest absolute Gasteiger partial charge is 0.379 e. The summed E-state index contributed by atoms with van der Waals surface area (Å²) < 4.78 is 0. The van der Waals surface area contributed by atoms with Crippen LogP contribution in [0.2, 0.25) is 0 Å². The molecule has 150 valence electrons. The molecule has 1 N–H and O–H groups in total. The SMILES string of the molecule is C=C(/C=C1\NC(C)(C)Cc2ccc(C=O)cc21)C12CCCC(CC(CC)C1)C2. The zero-order chi connectivity index (χ0) is 19.9. The van der Waals surface area contributed by atoms with Crippen LogP contribution in [-0.4, -0.2) is 11.8 Å². The average molecular weight is 378 g/mol. The summed E-state index contributed by atoms with van der Waals surface area (Å²) in [6.07, 6.45) is 13.6. The normalized spacial score (nSPS) is 32.3. The molecule has 0 amide bonds. The number of hydrogen-bond acceptors (Lipinski definition) is 2. The zero-order valence-corrected chi connectivity index (χ0v) is 17.8. The molecule has 2 nitrogen and oxygen atoms in total. The molecule has 3 unspecified atom stereocenters. The van der Waals surface area contributed by atoms with Crippen LogP contribution < -0.4 is 5.32 Å². The molecule has 1 aliphatic heterocycles. The Morgan fingerprint density at radius 2 is 2.14 bits per heavy atom. The lowest BCUT2D eigenvalue weighted by Crippen LogP contribution is -2.44. The van der Waals surface area contributed by atoms with Crippen molar-refractivity contribution in [3.05, 3.63) is 53.1 Å². The number of benzene rings is 1. The summed E-state index contributed by atoms with van der Waals surface area (Å²) in [5.41, 5.74) is 5.98. The van der Waals surface area contributed by atoms with Gasteiger partial charge in [0.25, 0.3) is 0 Å². The van der Waals surface area contributed by atoms with Crippen molar-refractivity contribution in [1.29, 1.82) is 0 Å². The highest BCUT2D eigenvalue weighted by molar-refractivity contribution is 5.80. The van der Waals surface area contributed by atoms with Gasteiger partial charge in [0.15, 0.2) is 0 Å². The predicted octanol–water partition coefficient (Wildman–Crippen LogP) is 6.32. The lowest BCUT2D eigenvalue weighted by molar-refractivity contribution is 0.0711. The summed E-state index contributed by atoms with van der Waals surface area (Å²) in [7, 11) is 0. The molecule has 3 atom stereocenters. The van der Waals surface area contributed by atoms with E-state index >= 15 is 0 Å². The molecule has 2 fully saturated rings. The summed E-state index contributed by atoms with van der Waals surface area (Å²) >= 11 is 0. The zero-order valence-electron chi connectivity index (χ0n) is 17.8. The van der Waals surface area contributed by atoms with Gasteiger partial charge < -0.3 is 5.32 Å². The number of hydrogen-bond donors (Lipinski definition) is 1. The van der Waals surface area contributed by atoms with Crippen LogP contribution in [0, 0.1) is 17.3 Å². The Hall–Kier alpha value is -1.83. The van der Waals surface area contributed by atoms with Crippen molar-refractivity contribution < 1.29 is 4.79 Å². The third-order valence-electron chi connectivity index (χ3n) is 7.54. The Bertz CT molecular complexity index is 818. The van der Waals surface area contributed by atoms with Crippen LogP contribution in [-0.2, 0) is 6.42 Å². The standard InChI is InChI=1S/C26H35NO/c1-5-19-12-20-7-6-10-26(14-19,15-20)18(2)11-24-23-13-21(17-28)8-9-22(23)16-25(3,4)27-24/h8-9,11,13,17,19-20,27H,2,5-7,10,12,14-16H2,1,3-4H3/b24-11-. The molecular formula is C26H35NO. The molecule has 0 radical (unpaired) electrons. The van der Waals surface area contributed by atoms with Crippen molar-refractivity contribution in [2.45, 2.75) is 77.7 Å². The van der Waals surface area contributed by atoms with Gasteiger partial charge in [0.1, 0.15) is 6.29 Å². The molecule has 2 heteroatoms. The molecule has 2 aliphatic carbocycles. The van der Waals surface area contributed by atoms with Crippen molar-refractivity contribution in [1.82, 2.24) is 5.32 Å². The van der Waals surface area contributed by atoms with Gasteiger partial charge in [-0.3, -0.25) is 4.79 Å². The van der Waals surface area contributed by atoms with Crippen molar-refractivity contribution in [2.24, 2.45) is 17.3 Å². The molecule has 1 aromatic rings. The minimum atomic E-state index is 0.00704. The van der Waals surface area contributed by atoms with Crippen molar-refractivity contribution in [3.63, 3.8) is 0 Å². The number of fused-ring (bicyclic) bond motifs is 3. The van der Waals surface area contributed by atoms with Gasteiger partial charge >= 0.3 is 0 Å². The Balaban J connectivity index is 1.71. The molecule has 2 saturated carbocycles. The van der Waals surface area contributed by atoms with E-state index in [0.29, 0.717) is 0 Å². The summed E-state index contributed by atoms with van der Waals surface area (Å²) in [5.74, 6) is 1.73. The maximum absolute atomic E-state index is 11.3. The van der Waals surface area contributed by atoms with Gasteiger partial charge in [-0.05, 0) is 86.5 Å². The maximum Gasteiger partial charge on any atom is 0.150 e. The van der Waals surface area contributed by atoms with E-state index in [4.69, 9.17) is 0 Å². The quantitative estimate of drug-likeness (QED) is 0.622. The molecule has 1 heterocycles. The van der Waals surface area contributed by atoms with Crippen LogP contribution in [0.5, 0.6) is 0 Å². The number of nitrogens with one attached hydrogen (secondary N) is 1. The lowest BCUT2D eigenvalue weighted by atomic mass is 9.56. The van der Waals surface area contributed by atoms with E-state index in [9.17, 15) is 4.79 Å². The molecule has 0 aromatic heterocycles. The van der Waals surface area contributed by atoms with E-state index in [1.54, 1.807) is 0 Å². The van der Waals surface area contributed by atoms with Gasteiger partial charge in [-0.25, -0.2) is 0 Å². The molecular weight excluding hydrogens is 342 g/mol. The van der Waals surface area contributed by atoms with Crippen LogP contribution in [0.3, 0.4) is 0 Å². The van der Waals surface area contributed by atoms with Crippen LogP contribution in [0.25, 0.3) is 5.70 Å². The molecule has 28 heavy (non-hydrogen) atoms. The highest BCUT2D eigenvalue weighted by atomic mass is 16.1. The second-order valence-corrected chi connectivity index (χ2v) is 10.3.